The number of carbonyl (C=O) groups excluding carboxylic acids is 1. The van der Waals surface area contributed by atoms with Gasteiger partial charge in [0.15, 0.2) is 0 Å². The SMILES string of the molecule is CC12CC3CC(C)(C1)CC(C(=O)N1CCOC(CN)C1)(C3)C2. The minimum Gasteiger partial charge on any atom is -0.373 e. The zero-order valence-corrected chi connectivity index (χ0v) is 14.1. The number of ether oxygens (including phenoxy) is 1. The van der Waals surface area contributed by atoms with E-state index < -0.39 is 0 Å². The molecular weight excluding hydrogens is 276 g/mol. The molecule has 3 atom stereocenters. The second-order valence-electron chi connectivity index (χ2n) is 9.39. The van der Waals surface area contributed by atoms with E-state index in [1.807, 2.05) is 0 Å². The number of amides is 1. The fraction of sp³-hybridized carbons (Fsp3) is 0.944. The Balaban J connectivity index is 1.60. The van der Waals surface area contributed by atoms with Crippen LogP contribution in [0.15, 0.2) is 0 Å². The maximum atomic E-state index is 13.4. The zero-order chi connectivity index (χ0) is 15.6. The van der Waals surface area contributed by atoms with E-state index in [1.54, 1.807) is 0 Å². The highest BCUT2D eigenvalue weighted by atomic mass is 16.5. The first-order valence-electron chi connectivity index (χ1n) is 8.97. The van der Waals surface area contributed by atoms with Crippen LogP contribution in [-0.2, 0) is 9.53 Å². The van der Waals surface area contributed by atoms with Gasteiger partial charge in [-0.2, -0.15) is 0 Å². The predicted molar refractivity (Wildman–Crippen MR) is 85.2 cm³/mol. The molecule has 5 rings (SSSR count). The van der Waals surface area contributed by atoms with E-state index in [0.717, 1.165) is 31.7 Å². The van der Waals surface area contributed by atoms with Crippen molar-refractivity contribution in [2.75, 3.05) is 26.2 Å². The zero-order valence-electron chi connectivity index (χ0n) is 14.1. The highest BCUT2D eigenvalue weighted by Gasteiger charge is 2.63. The van der Waals surface area contributed by atoms with Crippen molar-refractivity contribution in [3.63, 3.8) is 0 Å². The Labute approximate surface area is 133 Å². The highest BCUT2D eigenvalue weighted by molar-refractivity contribution is 5.83. The Morgan fingerprint density at radius 3 is 2.45 bits per heavy atom. The third kappa shape index (κ3) is 2.22. The highest BCUT2D eigenvalue weighted by Crippen LogP contribution is 2.69. The van der Waals surface area contributed by atoms with Crippen LogP contribution in [0.1, 0.15) is 52.4 Å². The van der Waals surface area contributed by atoms with E-state index in [1.165, 1.54) is 19.3 Å². The molecule has 5 fully saturated rings. The number of nitrogens with two attached hydrogens (primary N) is 1. The van der Waals surface area contributed by atoms with Gasteiger partial charge >= 0.3 is 0 Å². The standard InChI is InChI=1S/C18H30N2O2/c1-16-5-13-6-17(2,10-16)12-18(7-13,11-16)15(21)20-3-4-22-14(8-19)9-20/h13-14H,3-12,19H2,1-2H3. The first-order valence-corrected chi connectivity index (χ1v) is 8.97. The first-order chi connectivity index (χ1) is 10.4. The van der Waals surface area contributed by atoms with Crippen LogP contribution in [0.5, 0.6) is 0 Å². The van der Waals surface area contributed by atoms with Gasteiger partial charge in [0.2, 0.25) is 5.91 Å². The lowest BCUT2D eigenvalue weighted by molar-refractivity contribution is -0.184. The number of rotatable bonds is 2. The molecule has 0 spiro atoms. The van der Waals surface area contributed by atoms with Gasteiger partial charge in [-0.15, -0.1) is 0 Å². The van der Waals surface area contributed by atoms with Crippen LogP contribution in [0.4, 0.5) is 0 Å². The summed E-state index contributed by atoms with van der Waals surface area (Å²) in [6.07, 6.45) is 7.36. The van der Waals surface area contributed by atoms with Gasteiger partial charge in [-0.1, -0.05) is 13.8 Å². The number of hydrogen-bond acceptors (Lipinski definition) is 3. The van der Waals surface area contributed by atoms with Crippen molar-refractivity contribution in [3.8, 4) is 0 Å². The molecule has 1 saturated heterocycles. The molecule has 4 bridgehead atoms. The van der Waals surface area contributed by atoms with E-state index in [2.05, 4.69) is 18.7 Å². The number of nitrogens with zero attached hydrogens (tertiary/aromatic N) is 1. The van der Waals surface area contributed by atoms with Crippen molar-refractivity contribution in [2.24, 2.45) is 27.9 Å². The summed E-state index contributed by atoms with van der Waals surface area (Å²) in [7, 11) is 0. The normalized spacial score (nSPS) is 50.4. The topological polar surface area (TPSA) is 55.6 Å². The fourth-order valence-electron chi connectivity index (χ4n) is 7.07. The molecule has 2 N–H and O–H groups in total. The van der Waals surface area contributed by atoms with Gasteiger partial charge in [0.25, 0.3) is 0 Å². The van der Waals surface area contributed by atoms with E-state index in [0.29, 0.717) is 36.4 Å². The summed E-state index contributed by atoms with van der Waals surface area (Å²) in [5, 5.41) is 0. The maximum Gasteiger partial charge on any atom is 0.229 e. The molecule has 0 aromatic rings. The van der Waals surface area contributed by atoms with Gasteiger partial charge in [0.1, 0.15) is 0 Å². The van der Waals surface area contributed by atoms with Gasteiger partial charge in [-0.05, 0) is 55.3 Å². The Hall–Kier alpha value is -0.610. The molecule has 4 nitrogen and oxygen atoms in total. The summed E-state index contributed by atoms with van der Waals surface area (Å²) in [6.45, 7) is 7.44. The fourth-order valence-corrected chi connectivity index (χ4v) is 7.07. The first kappa shape index (κ1) is 14.9. The third-order valence-electron chi connectivity index (χ3n) is 6.77. The summed E-state index contributed by atoms with van der Waals surface area (Å²) in [4.78, 5) is 15.5. The molecule has 1 heterocycles. The molecule has 0 aromatic heterocycles. The molecule has 4 heteroatoms. The van der Waals surface area contributed by atoms with Crippen molar-refractivity contribution < 1.29 is 9.53 Å². The minimum absolute atomic E-state index is 0.0257. The van der Waals surface area contributed by atoms with Crippen LogP contribution in [0.3, 0.4) is 0 Å². The van der Waals surface area contributed by atoms with Gasteiger partial charge in [0.05, 0.1) is 18.1 Å². The largest absolute Gasteiger partial charge is 0.373 e. The lowest BCUT2D eigenvalue weighted by atomic mass is 9.40. The summed E-state index contributed by atoms with van der Waals surface area (Å²) in [5.41, 5.74) is 6.45. The molecular formula is C18H30N2O2. The van der Waals surface area contributed by atoms with Crippen LogP contribution < -0.4 is 5.73 Å². The summed E-state index contributed by atoms with van der Waals surface area (Å²) < 4.78 is 5.65. The molecule has 1 aliphatic heterocycles. The van der Waals surface area contributed by atoms with E-state index in [9.17, 15) is 4.79 Å². The Morgan fingerprint density at radius 2 is 1.86 bits per heavy atom. The average molecular weight is 306 g/mol. The lowest BCUT2D eigenvalue weighted by Crippen LogP contribution is -2.62. The smallest absolute Gasteiger partial charge is 0.229 e. The molecule has 5 aliphatic rings. The molecule has 3 unspecified atom stereocenters. The van der Waals surface area contributed by atoms with Crippen LogP contribution in [0, 0.1) is 22.2 Å². The second kappa shape index (κ2) is 4.70. The van der Waals surface area contributed by atoms with Crippen molar-refractivity contribution in [1.82, 2.24) is 4.90 Å². The van der Waals surface area contributed by atoms with Gasteiger partial charge < -0.3 is 15.4 Å². The minimum atomic E-state index is -0.0839. The van der Waals surface area contributed by atoms with E-state index in [4.69, 9.17) is 10.5 Å². The number of hydrogen-bond donors (Lipinski definition) is 1. The van der Waals surface area contributed by atoms with Crippen molar-refractivity contribution in [3.05, 3.63) is 0 Å². The number of morpholine rings is 1. The van der Waals surface area contributed by atoms with Crippen LogP contribution >= 0.6 is 0 Å². The molecule has 4 saturated carbocycles. The molecule has 1 amide bonds. The Kier molecular flexibility index (Phi) is 3.19. The van der Waals surface area contributed by atoms with Crippen molar-refractivity contribution in [1.29, 1.82) is 0 Å². The van der Waals surface area contributed by atoms with E-state index >= 15 is 0 Å². The van der Waals surface area contributed by atoms with Gasteiger partial charge in [-0.3, -0.25) is 4.79 Å². The Bertz CT molecular complexity index is 473. The summed E-state index contributed by atoms with van der Waals surface area (Å²) in [6, 6.07) is 0. The lowest BCUT2D eigenvalue weighted by Gasteiger charge is -2.65. The average Bonchev–Trinajstić information content (AvgIpc) is 2.42. The van der Waals surface area contributed by atoms with Crippen LogP contribution in [0.2, 0.25) is 0 Å². The Morgan fingerprint density at radius 1 is 1.18 bits per heavy atom. The third-order valence-corrected chi connectivity index (χ3v) is 6.77. The van der Waals surface area contributed by atoms with Crippen LogP contribution in [0.25, 0.3) is 0 Å². The number of carbonyl (C=O) groups is 1. The summed E-state index contributed by atoms with van der Waals surface area (Å²) in [5.74, 6) is 1.18. The molecule has 124 valence electrons. The van der Waals surface area contributed by atoms with Crippen molar-refractivity contribution in [2.45, 2.75) is 58.5 Å². The predicted octanol–water partition coefficient (Wildman–Crippen LogP) is 2.17. The molecule has 22 heavy (non-hydrogen) atoms. The molecule has 0 aromatic carbocycles. The van der Waals surface area contributed by atoms with E-state index in [-0.39, 0.29) is 11.5 Å². The van der Waals surface area contributed by atoms with Crippen LogP contribution in [-0.4, -0.2) is 43.2 Å². The molecule has 4 aliphatic carbocycles. The second-order valence-corrected chi connectivity index (χ2v) is 9.39. The van der Waals surface area contributed by atoms with Gasteiger partial charge in [-0.25, -0.2) is 0 Å². The van der Waals surface area contributed by atoms with Gasteiger partial charge in [0, 0.05) is 19.6 Å². The quantitative estimate of drug-likeness (QED) is 0.850. The maximum absolute atomic E-state index is 13.4. The summed E-state index contributed by atoms with van der Waals surface area (Å²) >= 11 is 0. The molecule has 0 radical (unpaired) electrons. The van der Waals surface area contributed by atoms with Crippen molar-refractivity contribution >= 4 is 5.91 Å². The monoisotopic (exact) mass is 306 g/mol.